The number of nitrogens with one attached hydrogen (secondary N) is 2. The number of amides is 1. The summed E-state index contributed by atoms with van der Waals surface area (Å²) < 4.78 is 8.39. The number of carbonyl (C=O) groups excluding carboxylic acids is 1. The second-order valence-corrected chi connectivity index (χ2v) is 6.39. The molecule has 21 heavy (non-hydrogen) atoms. The van der Waals surface area contributed by atoms with E-state index in [9.17, 15) is 4.79 Å². The molecule has 2 heterocycles. The van der Waals surface area contributed by atoms with Gasteiger partial charge in [0.2, 0.25) is 5.91 Å². The summed E-state index contributed by atoms with van der Waals surface area (Å²) in [6.07, 6.45) is 6.34. The minimum Gasteiger partial charge on any atom is -0.375 e. The van der Waals surface area contributed by atoms with E-state index in [-0.39, 0.29) is 12.0 Å². The molecule has 1 amide bonds. The summed E-state index contributed by atoms with van der Waals surface area (Å²) in [5.74, 6) is 0.871. The standard InChI is InChI=1S/C14H22N4O2S/c1-9-2-5-11(20-9)6-7-13(19)15-8-12-16-17-14(21)18(12)10-3-4-10/h9-11H,2-8H2,1H3,(H,15,19)(H,17,21)/t9-,11+/m0/s1. The van der Waals surface area contributed by atoms with Crippen LogP contribution in [-0.4, -0.2) is 32.9 Å². The van der Waals surface area contributed by atoms with E-state index >= 15 is 0 Å². The molecule has 0 radical (unpaired) electrons. The van der Waals surface area contributed by atoms with Gasteiger partial charge in [-0.1, -0.05) is 0 Å². The van der Waals surface area contributed by atoms with Crippen molar-refractivity contribution in [3.63, 3.8) is 0 Å². The zero-order valence-corrected chi connectivity index (χ0v) is 13.1. The van der Waals surface area contributed by atoms with E-state index in [1.807, 2.05) is 4.57 Å². The third-order valence-corrected chi connectivity index (χ3v) is 4.43. The van der Waals surface area contributed by atoms with Gasteiger partial charge < -0.3 is 10.1 Å². The molecule has 2 aliphatic rings. The van der Waals surface area contributed by atoms with Crippen LogP contribution in [0.15, 0.2) is 0 Å². The lowest BCUT2D eigenvalue weighted by atomic mass is 10.1. The summed E-state index contributed by atoms with van der Waals surface area (Å²) in [4.78, 5) is 11.9. The number of hydrogen-bond acceptors (Lipinski definition) is 4. The molecule has 116 valence electrons. The third-order valence-electron chi connectivity index (χ3n) is 4.15. The highest BCUT2D eigenvalue weighted by molar-refractivity contribution is 7.71. The fraction of sp³-hybridized carbons (Fsp3) is 0.786. The van der Waals surface area contributed by atoms with E-state index in [0.717, 1.165) is 37.9 Å². The highest BCUT2D eigenvalue weighted by Crippen LogP contribution is 2.35. The van der Waals surface area contributed by atoms with Crippen LogP contribution in [0.2, 0.25) is 0 Å². The Balaban J connectivity index is 1.44. The number of H-pyrrole nitrogens is 1. The van der Waals surface area contributed by atoms with Gasteiger partial charge in [0.1, 0.15) is 0 Å². The van der Waals surface area contributed by atoms with Crippen molar-refractivity contribution in [2.45, 2.75) is 70.2 Å². The highest BCUT2D eigenvalue weighted by Gasteiger charge is 2.27. The first-order chi connectivity index (χ1) is 10.1. The number of aromatic amines is 1. The summed E-state index contributed by atoms with van der Waals surface area (Å²) in [5.41, 5.74) is 0. The van der Waals surface area contributed by atoms with Crippen molar-refractivity contribution in [3.8, 4) is 0 Å². The maximum Gasteiger partial charge on any atom is 0.220 e. The van der Waals surface area contributed by atoms with Crippen LogP contribution in [0.3, 0.4) is 0 Å². The Morgan fingerprint density at radius 1 is 1.48 bits per heavy atom. The molecule has 1 saturated heterocycles. The number of hydrogen-bond donors (Lipinski definition) is 2. The Kier molecular flexibility index (Phi) is 4.40. The molecular formula is C14H22N4O2S. The molecule has 2 fully saturated rings. The van der Waals surface area contributed by atoms with E-state index in [1.54, 1.807) is 0 Å². The molecule has 1 aromatic heterocycles. The maximum atomic E-state index is 11.9. The van der Waals surface area contributed by atoms with E-state index in [0.29, 0.717) is 29.9 Å². The van der Waals surface area contributed by atoms with E-state index in [1.165, 1.54) is 0 Å². The van der Waals surface area contributed by atoms with Gasteiger partial charge in [0.05, 0.1) is 18.8 Å². The normalized spacial score (nSPS) is 25.2. The van der Waals surface area contributed by atoms with E-state index in [2.05, 4.69) is 22.4 Å². The molecule has 2 N–H and O–H groups in total. The Morgan fingerprint density at radius 2 is 2.29 bits per heavy atom. The van der Waals surface area contributed by atoms with Crippen molar-refractivity contribution in [1.29, 1.82) is 0 Å². The van der Waals surface area contributed by atoms with Crippen LogP contribution in [-0.2, 0) is 16.1 Å². The van der Waals surface area contributed by atoms with Crippen LogP contribution in [0, 0.1) is 4.77 Å². The van der Waals surface area contributed by atoms with Crippen LogP contribution in [0.25, 0.3) is 0 Å². The Morgan fingerprint density at radius 3 is 2.95 bits per heavy atom. The summed E-state index contributed by atoms with van der Waals surface area (Å²) >= 11 is 5.22. The van der Waals surface area contributed by atoms with Gasteiger partial charge >= 0.3 is 0 Å². The van der Waals surface area contributed by atoms with Crippen molar-refractivity contribution in [2.24, 2.45) is 0 Å². The first-order valence-electron chi connectivity index (χ1n) is 7.71. The quantitative estimate of drug-likeness (QED) is 0.791. The lowest BCUT2D eigenvalue weighted by molar-refractivity contribution is -0.122. The summed E-state index contributed by atoms with van der Waals surface area (Å²) in [5, 5.41) is 9.94. The summed E-state index contributed by atoms with van der Waals surface area (Å²) in [6, 6.07) is 0.469. The zero-order chi connectivity index (χ0) is 14.8. The van der Waals surface area contributed by atoms with Crippen LogP contribution in [0.4, 0.5) is 0 Å². The molecule has 1 aromatic rings. The average molecular weight is 310 g/mol. The fourth-order valence-electron chi connectivity index (χ4n) is 2.83. The minimum absolute atomic E-state index is 0.0504. The van der Waals surface area contributed by atoms with Crippen molar-refractivity contribution in [2.75, 3.05) is 0 Å². The van der Waals surface area contributed by atoms with E-state index < -0.39 is 0 Å². The van der Waals surface area contributed by atoms with Gasteiger partial charge in [-0.3, -0.25) is 14.5 Å². The number of rotatable bonds is 6. The Hall–Kier alpha value is -1.21. The molecular weight excluding hydrogens is 288 g/mol. The average Bonchev–Trinajstić information content (AvgIpc) is 3.10. The third kappa shape index (κ3) is 3.71. The molecule has 1 aliphatic carbocycles. The van der Waals surface area contributed by atoms with Gasteiger partial charge in [0.15, 0.2) is 10.6 Å². The second-order valence-electron chi connectivity index (χ2n) is 6.01. The predicted octanol–water partition coefficient (Wildman–Crippen LogP) is 2.24. The van der Waals surface area contributed by atoms with Crippen LogP contribution >= 0.6 is 12.2 Å². The maximum absolute atomic E-state index is 11.9. The predicted molar refractivity (Wildman–Crippen MR) is 80.3 cm³/mol. The van der Waals surface area contributed by atoms with Crippen molar-refractivity contribution < 1.29 is 9.53 Å². The van der Waals surface area contributed by atoms with Crippen LogP contribution in [0.1, 0.15) is 57.3 Å². The molecule has 1 aliphatic heterocycles. The second kappa shape index (κ2) is 6.27. The zero-order valence-electron chi connectivity index (χ0n) is 12.3. The smallest absolute Gasteiger partial charge is 0.220 e. The van der Waals surface area contributed by atoms with Gasteiger partial charge in [-0.2, -0.15) is 5.10 Å². The number of carbonyl (C=O) groups is 1. The first-order valence-corrected chi connectivity index (χ1v) is 8.12. The molecule has 0 spiro atoms. The highest BCUT2D eigenvalue weighted by atomic mass is 32.1. The molecule has 0 bridgehead atoms. The molecule has 2 atom stereocenters. The number of nitrogens with zero attached hydrogens (tertiary/aromatic N) is 2. The minimum atomic E-state index is 0.0504. The van der Waals surface area contributed by atoms with Crippen molar-refractivity contribution >= 4 is 18.1 Å². The molecule has 7 heteroatoms. The molecule has 0 aromatic carbocycles. The summed E-state index contributed by atoms with van der Waals surface area (Å²) in [6.45, 7) is 2.52. The topological polar surface area (TPSA) is 71.9 Å². The lowest BCUT2D eigenvalue weighted by Crippen LogP contribution is -2.25. The number of ether oxygens (including phenoxy) is 1. The monoisotopic (exact) mass is 310 g/mol. The Bertz CT molecular complexity index is 564. The van der Waals surface area contributed by atoms with Crippen LogP contribution < -0.4 is 5.32 Å². The van der Waals surface area contributed by atoms with Gasteiger partial charge in [0.25, 0.3) is 0 Å². The van der Waals surface area contributed by atoms with Gasteiger partial charge in [-0.05, 0) is 51.2 Å². The molecule has 3 rings (SSSR count). The summed E-state index contributed by atoms with van der Waals surface area (Å²) in [7, 11) is 0. The molecule has 0 unspecified atom stereocenters. The molecule has 1 saturated carbocycles. The SMILES string of the molecule is C[C@H]1CC[C@H](CCC(=O)NCc2n[nH]c(=S)n2C2CC2)O1. The fourth-order valence-corrected chi connectivity index (χ4v) is 3.13. The Labute approximate surface area is 129 Å². The first kappa shape index (κ1) is 14.7. The lowest BCUT2D eigenvalue weighted by Gasteiger charge is -2.11. The van der Waals surface area contributed by atoms with Gasteiger partial charge in [0, 0.05) is 12.5 Å². The van der Waals surface area contributed by atoms with Gasteiger partial charge in [-0.25, -0.2) is 0 Å². The van der Waals surface area contributed by atoms with Gasteiger partial charge in [-0.15, -0.1) is 0 Å². The van der Waals surface area contributed by atoms with Crippen LogP contribution in [0.5, 0.6) is 0 Å². The van der Waals surface area contributed by atoms with E-state index in [4.69, 9.17) is 17.0 Å². The van der Waals surface area contributed by atoms with Crippen molar-refractivity contribution in [1.82, 2.24) is 20.1 Å². The van der Waals surface area contributed by atoms with Crippen molar-refractivity contribution in [3.05, 3.63) is 10.6 Å². The largest absolute Gasteiger partial charge is 0.375 e. The molecule has 6 nitrogen and oxygen atoms in total. The number of aromatic nitrogens is 3.